The maximum atomic E-state index is 13.0. The van der Waals surface area contributed by atoms with E-state index in [1.54, 1.807) is 18.2 Å². The molecule has 1 aromatic heterocycles. The fraction of sp³-hybridized carbons (Fsp3) is 0.276. The zero-order valence-electron chi connectivity index (χ0n) is 22.9. The number of carboxylic acids is 1. The second kappa shape index (κ2) is 12.5. The number of halogens is 6. The van der Waals surface area contributed by atoms with Crippen molar-refractivity contribution in [3.63, 3.8) is 0 Å². The molecular weight excluding hydrogens is 616 g/mol. The number of aromatic nitrogens is 1. The highest BCUT2D eigenvalue weighted by molar-refractivity contribution is 7.93. The highest BCUT2D eigenvalue weighted by Gasteiger charge is 2.46. The number of aliphatic hydroxyl groups is 1. The van der Waals surface area contributed by atoms with Crippen LogP contribution in [0.3, 0.4) is 0 Å². The van der Waals surface area contributed by atoms with Gasteiger partial charge in [0.1, 0.15) is 5.69 Å². The minimum atomic E-state index is -5.64. The van der Waals surface area contributed by atoms with Gasteiger partial charge in [-0.15, -0.1) is 0 Å². The van der Waals surface area contributed by atoms with Crippen LogP contribution in [0.15, 0.2) is 72.8 Å². The van der Waals surface area contributed by atoms with Gasteiger partial charge in [0, 0.05) is 35.7 Å². The molecule has 0 aliphatic carbocycles. The first kappa shape index (κ1) is 32.8. The van der Waals surface area contributed by atoms with Crippen molar-refractivity contribution in [1.82, 2.24) is 9.88 Å². The van der Waals surface area contributed by atoms with Crippen LogP contribution in [0, 0.1) is 0 Å². The molecule has 0 amide bonds. The summed E-state index contributed by atoms with van der Waals surface area (Å²) in [5.74, 6) is -1.25. The van der Waals surface area contributed by atoms with E-state index in [-0.39, 0.29) is 36.1 Å². The van der Waals surface area contributed by atoms with E-state index < -0.39 is 39.3 Å². The third-order valence-corrected chi connectivity index (χ3v) is 7.92. The summed E-state index contributed by atoms with van der Waals surface area (Å²) in [6.07, 6.45) is -5.29. The van der Waals surface area contributed by atoms with Crippen LogP contribution in [0.1, 0.15) is 45.8 Å². The van der Waals surface area contributed by atoms with Gasteiger partial charge in [0.25, 0.3) is 0 Å². The van der Waals surface area contributed by atoms with E-state index in [0.717, 1.165) is 23.8 Å². The number of aromatic carboxylic acids is 1. The first-order valence-corrected chi connectivity index (χ1v) is 14.5. The van der Waals surface area contributed by atoms with Crippen molar-refractivity contribution in [3.8, 4) is 0 Å². The molecule has 44 heavy (non-hydrogen) atoms. The molecule has 1 heterocycles. The normalized spacial score (nSPS) is 14.0. The summed E-state index contributed by atoms with van der Waals surface area (Å²) >= 11 is 0. The van der Waals surface area contributed by atoms with Crippen LogP contribution in [0.25, 0.3) is 10.9 Å². The van der Waals surface area contributed by atoms with Crippen molar-refractivity contribution in [3.05, 3.63) is 101 Å². The first-order valence-electron chi connectivity index (χ1n) is 13.1. The highest BCUT2D eigenvalue weighted by Crippen LogP contribution is 2.31. The van der Waals surface area contributed by atoms with E-state index in [1.807, 2.05) is 6.92 Å². The summed E-state index contributed by atoms with van der Waals surface area (Å²) < 4.78 is 103. The third kappa shape index (κ3) is 7.70. The molecule has 0 saturated heterocycles. The largest absolute Gasteiger partial charge is 0.516 e. The summed E-state index contributed by atoms with van der Waals surface area (Å²) in [7, 11) is -5.64. The number of nitrogens with one attached hydrogen (secondary N) is 2. The van der Waals surface area contributed by atoms with Crippen LogP contribution in [-0.4, -0.2) is 47.3 Å². The molecule has 3 aromatic carbocycles. The molecule has 0 aliphatic heterocycles. The lowest BCUT2D eigenvalue weighted by Gasteiger charge is -2.18. The summed E-state index contributed by atoms with van der Waals surface area (Å²) in [5.41, 5.74) is -5.05. The van der Waals surface area contributed by atoms with Gasteiger partial charge in [0.2, 0.25) is 0 Å². The van der Waals surface area contributed by atoms with Gasteiger partial charge in [-0.1, -0.05) is 30.3 Å². The number of rotatable bonds is 11. The number of anilines is 1. The van der Waals surface area contributed by atoms with Crippen LogP contribution in [-0.2, 0) is 29.2 Å². The molecule has 0 radical (unpaired) electrons. The van der Waals surface area contributed by atoms with Crippen molar-refractivity contribution in [1.29, 1.82) is 0 Å². The topological polar surface area (TPSA) is 121 Å². The Morgan fingerprint density at radius 1 is 0.932 bits per heavy atom. The maximum Gasteiger partial charge on any atom is 0.516 e. The van der Waals surface area contributed by atoms with Crippen molar-refractivity contribution in [2.45, 2.75) is 43.7 Å². The van der Waals surface area contributed by atoms with E-state index in [9.17, 15) is 49.8 Å². The number of benzene rings is 3. The molecule has 15 heteroatoms. The van der Waals surface area contributed by atoms with Crippen LogP contribution in [0.4, 0.5) is 32.0 Å². The van der Waals surface area contributed by atoms with Gasteiger partial charge >= 0.3 is 27.7 Å². The van der Waals surface area contributed by atoms with Crippen molar-refractivity contribution >= 4 is 32.6 Å². The molecule has 0 aliphatic rings. The molecule has 2 unspecified atom stereocenters. The van der Waals surface area contributed by atoms with Crippen molar-refractivity contribution < 1.29 is 49.8 Å². The molecule has 0 spiro atoms. The number of carboxylic acid groups (broad SMARTS) is 1. The SMILES string of the molecule is CC(Cc1ccc2c(c1)cc(C(=O)O)n2Cc1cccc(NS(=O)(=O)C(F)(F)F)c1)NCC(O)c1cccc(C(F)(F)F)c1. The lowest BCUT2D eigenvalue weighted by Crippen LogP contribution is -2.32. The Hall–Kier alpha value is -4.08. The van der Waals surface area contributed by atoms with E-state index in [0.29, 0.717) is 22.9 Å². The van der Waals surface area contributed by atoms with E-state index >= 15 is 0 Å². The predicted octanol–water partition coefficient (Wildman–Crippen LogP) is 5.92. The van der Waals surface area contributed by atoms with Crippen LogP contribution < -0.4 is 10.0 Å². The number of hydrogen-bond donors (Lipinski definition) is 4. The zero-order chi connectivity index (χ0) is 32.4. The first-order chi connectivity index (χ1) is 20.4. The summed E-state index contributed by atoms with van der Waals surface area (Å²) in [5, 5.41) is 23.9. The number of carbonyl (C=O) groups is 1. The van der Waals surface area contributed by atoms with Gasteiger partial charge < -0.3 is 20.1 Å². The molecule has 4 N–H and O–H groups in total. The molecule has 236 valence electrons. The maximum absolute atomic E-state index is 13.0. The molecule has 2 atom stereocenters. The number of nitrogens with zero attached hydrogens (tertiary/aromatic N) is 1. The van der Waals surface area contributed by atoms with Gasteiger partial charge in [-0.25, -0.2) is 4.79 Å². The third-order valence-electron chi connectivity index (χ3n) is 6.81. The Kier molecular flexibility index (Phi) is 9.32. The molecule has 8 nitrogen and oxygen atoms in total. The van der Waals surface area contributed by atoms with Crippen molar-refractivity contribution in [2.75, 3.05) is 11.3 Å². The molecule has 0 fully saturated rings. The number of sulfonamides is 1. The minimum Gasteiger partial charge on any atom is -0.477 e. The summed E-state index contributed by atoms with van der Waals surface area (Å²) in [4.78, 5) is 12.0. The smallest absolute Gasteiger partial charge is 0.477 e. The molecule has 4 aromatic rings. The monoisotopic (exact) mass is 643 g/mol. The standard InChI is InChI=1S/C29H27F6N3O5S/c1-17(36-15-26(39)20-5-3-6-22(13-20)28(30,31)32)10-18-8-9-24-21(11-18)14-25(27(40)41)38(24)16-19-4-2-7-23(12-19)37-44(42,43)29(33,34)35/h2-9,11-14,17,26,36-37,39H,10,15-16H2,1H3,(H,40,41). The van der Waals surface area contributed by atoms with Gasteiger partial charge in [-0.3, -0.25) is 4.72 Å². The Morgan fingerprint density at radius 3 is 2.30 bits per heavy atom. The lowest BCUT2D eigenvalue weighted by molar-refractivity contribution is -0.137. The Bertz CT molecular complexity index is 1770. The average Bonchev–Trinajstić information content (AvgIpc) is 3.28. The zero-order valence-corrected chi connectivity index (χ0v) is 23.8. The van der Waals surface area contributed by atoms with Gasteiger partial charge in [-0.05, 0) is 72.5 Å². The van der Waals surface area contributed by atoms with Crippen LogP contribution in [0.5, 0.6) is 0 Å². The van der Waals surface area contributed by atoms with Crippen molar-refractivity contribution in [2.24, 2.45) is 0 Å². The molecule has 0 bridgehead atoms. The molecule has 4 rings (SSSR count). The minimum absolute atomic E-state index is 0.0115. The quantitative estimate of drug-likeness (QED) is 0.151. The van der Waals surface area contributed by atoms with E-state index in [1.165, 1.54) is 45.7 Å². The Morgan fingerprint density at radius 2 is 1.64 bits per heavy atom. The Balaban J connectivity index is 1.48. The highest BCUT2D eigenvalue weighted by atomic mass is 32.2. The van der Waals surface area contributed by atoms with Gasteiger partial charge in [0.05, 0.1) is 11.7 Å². The second-order valence-electron chi connectivity index (χ2n) is 10.2. The van der Waals surface area contributed by atoms with E-state index in [2.05, 4.69) is 5.32 Å². The number of hydrogen-bond acceptors (Lipinski definition) is 5. The molecule has 0 saturated carbocycles. The lowest BCUT2D eigenvalue weighted by atomic mass is 10.0. The summed E-state index contributed by atoms with van der Waals surface area (Å²) in [6.45, 7) is 1.72. The fourth-order valence-corrected chi connectivity index (χ4v) is 5.26. The van der Waals surface area contributed by atoms with E-state index in [4.69, 9.17) is 0 Å². The average molecular weight is 644 g/mol. The van der Waals surface area contributed by atoms with Crippen LogP contribution in [0.2, 0.25) is 0 Å². The predicted molar refractivity (Wildman–Crippen MR) is 151 cm³/mol. The number of alkyl halides is 6. The number of fused-ring (bicyclic) bond motifs is 1. The van der Waals surface area contributed by atoms with Crippen LogP contribution >= 0.6 is 0 Å². The van der Waals surface area contributed by atoms with Gasteiger partial charge in [-0.2, -0.15) is 34.8 Å². The Labute approximate surface area is 248 Å². The molecular formula is C29H27F6N3O5S. The number of aliphatic hydroxyl groups excluding tert-OH is 1. The fourth-order valence-electron chi connectivity index (χ4n) is 4.70. The second-order valence-corrected chi connectivity index (χ2v) is 11.9. The van der Waals surface area contributed by atoms with Gasteiger partial charge in [0.15, 0.2) is 0 Å². The summed E-state index contributed by atoms with van der Waals surface area (Å²) in [6, 6.07) is 16.0.